The second-order valence-electron chi connectivity index (χ2n) is 28.0. The van der Waals surface area contributed by atoms with Crippen LogP contribution in [0.1, 0.15) is 52.7 Å². The van der Waals surface area contributed by atoms with E-state index in [0.29, 0.717) is 0 Å². The van der Waals surface area contributed by atoms with Crippen LogP contribution in [0.3, 0.4) is 0 Å². The number of nitrogens with zero attached hydrogens (tertiary/aromatic N) is 4. The molecule has 6 heterocycles. The van der Waals surface area contributed by atoms with Gasteiger partial charge >= 0.3 is 0 Å². The average Bonchev–Trinajstić information content (AvgIpc) is 0.820. The molecule has 4 aliphatic heterocycles. The van der Waals surface area contributed by atoms with Crippen molar-refractivity contribution in [3.63, 3.8) is 0 Å². The van der Waals surface area contributed by atoms with E-state index in [0.717, 1.165) is 50.4 Å². The van der Waals surface area contributed by atoms with E-state index in [1.54, 1.807) is 0 Å². The second-order valence-corrected chi connectivity index (χ2v) is 29.0. The number of rotatable bonds is 6. The van der Waals surface area contributed by atoms with Crippen molar-refractivity contribution in [2.45, 2.75) is 62.2 Å². The summed E-state index contributed by atoms with van der Waals surface area (Å²) in [5, 5.41) is 4.72. The van der Waals surface area contributed by atoms with Gasteiger partial charge in [-0.25, -0.2) is 0 Å². The van der Waals surface area contributed by atoms with Crippen molar-refractivity contribution in [1.29, 1.82) is 0 Å². The highest BCUT2D eigenvalue weighted by atomic mass is 32.2. The van der Waals surface area contributed by atoms with Gasteiger partial charge in [0.05, 0.1) is 22.4 Å². The minimum Gasteiger partial charge on any atom is -0.454 e. The molecule has 5 nitrogen and oxygen atoms in total. The molecule has 0 saturated heterocycles. The molecular weight excluding hydrogens is 1160 g/mol. The van der Waals surface area contributed by atoms with E-state index >= 15 is 0 Å². The summed E-state index contributed by atoms with van der Waals surface area (Å²) < 4.78 is 9.45. The van der Waals surface area contributed by atoms with E-state index in [9.17, 15) is 0 Å². The van der Waals surface area contributed by atoms with Gasteiger partial charge in [0, 0.05) is 88.0 Å². The number of fused-ring (bicyclic) bond motifs is 14. The predicted molar refractivity (Wildman–Crippen MR) is 400 cm³/mol. The molecule has 0 bridgehead atoms. The number of anilines is 9. The van der Waals surface area contributed by atoms with E-state index in [-0.39, 0.29) is 24.3 Å². The van der Waals surface area contributed by atoms with Crippen molar-refractivity contribution in [2.75, 3.05) is 14.7 Å². The van der Waals surface area contributed by atoms with Crippen molar-refractivity contribution in [3.05, 3.63) is 290 Å². The Hall–Kier alpha value is -10.7. The molecule has 4 aliphatic rings. The van der Waals surface area contributed by atoms with Crippen molar-refractivity contribution in [3.8, 4) is 27.9 Å². The number of para-hydroxylation sites is 7. The van der Waals surface area contributed by atoms with Gasteiger partial charge in [0.25, 0.3) is 6.71 Å². The monoisotopic (exact) mass is 1220 g/mol. The molecule has 13 aromatic carbocycles. The first-order valence-electron chi connectivity index (χ1n) is 33.0. The Morgan fingerprint density at radius 2 is 0.851 bits per heavy atom. The molecule has 0 amide bonds. The zero-order valence-electron chi connectivity index (χ0n) is 53.3. The predicted octanol–water partition coefficient (Wildman–Crippen LogP) is 19.5. The highest BCUT2D eigenvalue weighted by Crippen LogP contribution is 2.54. The molecule has 2 aromatic heterocycles. The smallest absolute Gasteiger partial charge is 0.252 e. The van der Waals surface area contributed by atoms with E-state index in [1.165, 1.54) is 126 Å². The highest BCUT2D eigenvalue weighted by Gasteiger charge is 2.49. The third-order valence-electron chi connectivity index (χ3n) is 20.5. The molecule has 0 aliphatic carbocycles. The van der Waals surface area contributed by atoms with Gasteiger partial charge in [0.1, 0.15) is 5.58 Å². The number of hydrogen-bond donors (Lipinski definition) is 0. The first-order valence-corrected chi connectivity index (χ1v) is 33.8. The maximum Gasteiger partial charge on any atom is 0.252 e. The zero-order chi connectivity index (χ0) is 62.9. The summed E-state index contributed by atoms with van der Waals surface area (Å²) in [5.41, 5.74) is 30.3. The van der Waals surface area contributed by atoms with E-state index in [4.69, 9.17) is 4.42 Å². The van der Waals surface area contributed by atoms with Crippen LogP contribution >= 0.6 is 11.8 Å². The molecule has 0 fully saturated rings. The fourth-order valence-electron chi connectivity index (χ4n) is 16.1. The molecule has 8 heteroatoms. The Morgan fingerprint density at radius 1 is 0.330 bits per heavy atom. The van der Waals surface area contributed by atoms with Gasteiger partial charge in [-0.1, -0.05) is 253 Å². The number of hydrogen-bond acceptors (Lipinski definition) is 5. The van der Waals surface area contributed by atoms with Crippen molar-refractivity contribution in [1.82, 2.24) is 4.57 Å². The lowest BCUT2D eigenvalue weighted by molar-refractivity contribution is 0.589. The van der Waals surface area contributed by atoms with Gasteiger partial charge in [-0.05, 0) is 145 Å². The molecule has 0 atom stereocenters. The maximum atomic E-state index is 6.97. The highest BCUT2D eigenvalue weighted by molar-refractivity contribution is 8.00. The molecular formula is C86H64B2N4OS. The molecule has 0 radical (unpaired) electrons. The summed E-state index contributed by atoms with van der Waals surface area (Å²) in [7, 11) is 0. The first-order chi connectivity index (χ1) is 45.9. The lowest BCUT2D eigenvalue weighted by Crippen LogP contribution is -2.64. The van der Waals surface area contributed by atoms with E-state index in [1.807, 2.05) is 11.8 Å². The zero-order valence-corrected chi connectivity index (χ0v) is 54.1. The average molecular weight is 1220 g/mol. The third-order valence-corrected chi connectivity index (χ3v) is 21.6. The largest absolute Gasteiger partial charge is 0.454 e. The molecule has 0 unspecified atom stereocenters. The number of furan rings is 1. The first kappa shape index (κ1) is 55.0. The van der Waals surface area contributed by atoms with Gasteiger partial charge in [-0.2, -0.15) is 0 Å². The Bertz CT molecular complexity index is 5550. The molecule has 0 N–H and O–H groups in total. The van der Waals surface area contributed by atoms with Crippen LogP contribution in [0, 0.1) is 0 Å². The summed E-state index contributed by atoms with van der Waals surface area (Å²) in [6.45, 7) is 13.9. The van der Waals surface area contributed by atoms with Crippen molar-refractivity contribution < 1.29 is 4.42 Å². The normalized spacial score (nSPS) is 13.7. The Balaban J connectivity index is 0.935. The summed E-state index contributed by atoms with van der Waals surface area (Å²) >= 11 is 1.94. The van der Waals surface area contributed by atoms with Crippen molar-refractivity contribution in [2.24, 2.45) is 0 Å². The minimum atomic E-state index is -0.238. The standard InChI is InChI=1S/C86H64B2N4OS/c1-85(2,3)55-46-75-81-76(47-55)92(83-59(53-26-10-7-11-27-53)35-24-36-60(83)54-28-12-8-13-29-54)74-52-79-68(51-67(74)87(81)66-45-44-58(50-73(66)89(75)57-30-14-9-15-31-57)90-69-39-20-16-32-61(69)62-33-17-21-40-70(62)90)88-65-38-19-22-41-71(65)91(77-48-56(86(4,5)6)49-80(94-79)82(77)88)72-42-25-37-64-63-34-18-23-43-78(63)93-84(64)72/h7-52H,1-6H3. The van der Waals surface area contributed by atoms with Gasteiger partial charge in [-0.3, -0.25) is 0 Å². The van der Waals surface area contributed by atoms with Gasteiger partial charge < -0.3 is 23.7 Å². The van der Waals surface area contributed by atoms with Gasteiger partial charge in [-0.15, -0.1) is 0 Å². The van der Waals surface area contributed by atoms with Crippen LogP contribution in [-0.4, -0.2) is 18.0 Å². The quantitative estimate of drug-likeness (QED) is 0.155. The number of aromatic nitrogens is 1. The molecule has 15 aromatic rings. The summed E-state index contributed by atoms with van der Waals surface area (Å²) in [6.07, 6.45) is 0. The molecule has 0 spiro atoms. The van der Waals surface area contributed by atoms with Crippen LogP contribution in [0.5, 0.6) is 0 Å². The van der Waals surface area contributed by atoms with Crippen molar-refractivity contribution >= 4 is 153 Å². The summed E-state index contributed by atoms with van der Waals surface area (Å²) in [6, 6.07) is 105. The van der Waals surface area contributed by atoms with Crippen LogP contribution in [0.2, 0.25) is 0 Å². The van der Waals surface area contributed by atoms with E-state index < -0.39 is 0 Å². The second kappa shape index (κ2) is 20.4. The van der Waals surface area contributed by atoms with Gasteiger partial charge in [0.15, 0.2) is 5.58 Å². The topological polar surface area (TPSA) is 27.8 Å². The summed E-state index contributed by atoms with van der Waals surface area (Å²) in [5.74, 6) is 0. The molecule has 446 valence electrons. The minimum absolute atomic E-state index is 0.0986. The lowest BCUT2D eigenvalue weighted by Gasteiger charge is -2.47. The van der Waals surface area contributed by atoms with Crippen LogP contribution in [0.25, 0.3) is 71.7 Å². The Labute approximate surface area is 553 Å². The fraction of sp³-hybridized carbons (Fsp3) is 0.0930. The van der Waals surface area contributed by atoms with Crippen LogP contribution in [-0.2, 0) is 10.8 Å². The Kier molecular flexibility index (Phi) is 12.0. The maximum absolute atomic E-state index is 6.97. The van der Waals surface area contributed by atoms with Crippen LogP contribution in [0.4, 0.5) is 51.2 Å². The van der Waals surface area contributed by atoms with Crippen LogP contribution in [0.15, 0.2) is 293 Å². The fourth-order valence-corrected chi connectivity index (χ4v) is 17.3. The summed E-state index contributed by atoms with van der Waals surface area (Å²) in [4.78, 5) is 10.4. The lowest BCUT2D eigenvalue weighted by atomic mass is 9.31. The molecule has 0 saturated carbocycles. The molecule has 19 rings (SSSR count). The SMILES string of the molecule is CC(C)(C)c1cc2c3c(c1)N(c1cccc4c1oc1ccccc14)c1ccccc1B3c1cc3c(cc1S2)N(c1c(-c2ccccc2)cccc1-c1ccccc1)c1cc(C(C)(C)C)cc2c1B3c1ccc(-n3c4ccccc4c4ccccc43)cc1N2c1ccccc1. The van der Waals surface area contributed by atoms with Crippen LogP contribution < -0.4 is 47.5 Å². The molecule has 94 heavy (non-hydrogen) atoms. The number of benzene rings is 13. The van der Waals surface area contributed by atoms with E-state index in [2.05, 4.69) is 340 Å². The Morgan fingerprint density at radius 3 is 1.53 bits per heavy atom. The van der Waals surface area contributed by atoms with Gasteiger partial charge in [0.2, 0.25) is 6.71 Å². The third kappa shape index (κ3) is 8.12.